The zero-order valence-electron chi connectivity index (χ0n) is 13.8. The van der Waals surface area contributed by atoms with Crippen LogP contribution in [0.1, 0.15) is 29.6 Å². The van der Waals surface area contributed by atoms with Gasteiger partial charge < -0.3 is 25.0 Å². The molecule has 0 radical (unpaired) electrons. The summed E-state index contributed by atoms with van der Waals surface area (Å²) in [6.45, 7) is 2.51. The van der Waals surface area contributed by atoms with Crippen molar-refractivity contribution in [2.45, 2.75) is 31.3 Å². The minimum Gasteiger partial charge on any atom is -0.454 e. The van der Waals surface area contributed by atoms with Gasteiger partial charge in [0.15, 0.2) is 11.5 Å². The van der Waals surface area contributed by atoms with Gasteiger partial charge in [-0.25, -0.2) is 0 Å². The Labute approximate surface area is 152 Å². The van der Waals surface area contributed by atoms with Gasteiger partial charge in [-0.1, -0.05) is 0 Å². The van der Waals surface area contributed by atoms with E-state index in [-0.39, 0.29) is 43.1 Å². The van der Waals surface area contributed by atoms with E-state index in [1.807, 2.05) is 0 Å². The highest BCUT2D eigenvalue weighted by atomic mass is 35.5. The van der Waals surface area contributed by atoms with Crippen molar-refractivity contribution >= 4 is 24.2 Å². The molecule has 0 saturated carbocycles. The second kappa shape index (κ2) is 7.49. The van der Waals surface area contributed by atoms with Crippen LogP contribution in [0.4, 0.5) is 0 Å². The summed E-state index contributed by atoms with van der Waals surface area (Å²) in [4.78, 5) is 27.1. The van der Waals surface area contributed by atoms with E-state index in [2.05, 4.69) is 10.6 Å². The van der Waals surface area contributed by atoms with Gasteiger partial charge >= 0.3 is 0 Å². The SMILES string of the molecule is Cl.O=C(NC1CCNC1)C1CCCN1C(=O)c1ccc2c(c1)OCO2. The Morgan fingerprint density at radius 3 is 2.84 bits per heavy atom. The van der Waals surface area contributed by atoms with Crippen LogP contribution in [0.5, 0.6) is 11.5 Å². The fourth-order valence-corrected chi connectivity index (χ4v) is 3.55. The second-order valence-electron chi connectivity index (χ2n) is 6.42. The van der Waals surface area contributed by atoms with Gasteiger partial charge in [-0.05, 0) is 44.0 Å². The summed E-state index contributed by atoms with van der Waals surface area (Å²) in [7, 11) is 0. The maximum absolute atomic E-state index is 12.8. The van der Waals surface area contributed by atoms with Crippen LogP contribution in [-0.4, -0.2) is 55.2 Å². The number of likely N-dealkylation sites (tertiary alicyclic amines) is 1. The Balaban J connectivity index is 0.00000182. The Kier molecular flexibility index (Phi) is 5.34. The summed E-state index contributed by atoms with van der Waals surface area (Å²) in [6, 6.07) is 4.94. The van der Waals surface area contributed by atoms with Crippen molar-refractivity contribution in [3.63, 3.8) is 0 Å². The summed E-state index contributed by atoms with van der Waals surface area (Å²) in [5.74, 6) is 1.06. The molecule has 0 bridgehead atoms. The van der Waals surface area contributed by atoms with Crippen LogP contribution in [0.25, 0.3) is 0 Å². The lowest BCUT2D eigenvalue weighted by molar-refractivity contribution is -0.125. The number of rotatable bonds is 3. The average Bonchev–Trinajstić information content (AvgIpc) is 3.33. The van der Waals surface area contributed by atoms with E-state index in [1.54, 1.807) is 23.1 Å². The predicted octanol–water partition coefficient (Wildman–Crippen LogP) is 0.920. The molecule has 3 aliphatic rings. The Morgan fingerprint density at radius 1 is 1.20 bits per heavy atom. The third-order valence-corrected chi connectivity index (χ3v) is 4.84. The van der Waals surface area contributed by atoms with Crippen LogP contribution in [0.3, 0.4) is 0 Å². The number of hydrogen-bond donors (Lipinski definition) is 2. The molecule has 8 heteroatoms. The van der Waals surface area contributed by atoms with Gasteiger partial charge in [-0.2, -0.15) is 0 Å². The topological polar surface area (TPSA) is 79.9 Å². The number of halogens is 1. The van der Waals surface area contributed by atoms with Crippen LogP contribution in [-0.2, 0) is 4.79 Å². The molecule has 0 aromatic heterocycles. The molecule has 3 aliphatic heterocycles. The standard InChI is InChI=1S/C17H21N3O4.ClH/c21-16(19-12-5-6-18-9-12)13-2-1-7-20(13)17(22)11-3-4-14-15(8-11)24-10-23-14;/h3-4,8,12-13,18H,1-2,5-7,9-10H2,(H,19,21);1H. The van der Waals surface area contributed by atoms with E-state index in [9.17, 15) is 9.59 Å². The molecule has 0 spiro atoms. The summed E-state index contributed by atoms with van der Waals surface area (Å²) in [5, 5.41) is 6.29. The van der Waals surface area contributed by atoms with Gasteiger partial charge in [-0.3, -0.25) is 9.59 Å². The van der Waals surface area contributed by atoms with Crippen LogP contribution >= 0.6 is 12.4 Å². The molecule has 1 aromatic rings. The molecule has 2 amide bonds. The fraction of sp³-hybridized carbons (Fsp3) is 0.529. The lowest BCUT2D eigenvalue weighted by Gasteiger charge is -2.25. The van der Waals surface area contributed by atoms with E-state index in [0.717, 1.165) is 25.9 Å². The Bertz CT molecular complexity index is 663. The molecular weight excluding hydrogens is 346 g/mol. The quantitative estimate of drug-likeness (QED) is 0.830. The van der Waals surface area contributed by atoms with Gasteiger partial charge in [0, 0.05) is 24.7 Å². The molecule has 1 aromatic carbocycles. The third kappa shape index (κ3) is 3.52. The first-order valence-corrected chi connectivity index (χ1v) is 8.44. The molecule has 4 rings (SSSR count). The predicted molar refractivity (Wildman–Crippen MR) is 93.3 cm³/mol. The summed E-state index contributed by atoms with van der Waals surface area (Å²) in [5.41, 5.74) is 0.529. The fourth-order valence-electron chi connectivity index (χ4n) is 3.55. The monoisotopic (exact) mass is 367 g/mol. The van der Waals surface area contributed by atoms with E-state index < -0.39 is 0 Å². The molecular formula is C17H22ClN3O4. The molecule has 25 heavy (non-hydrogen) atoms. The molecule has 7 nitrogen and oxygen atoms in total. The zero-order valence-corrected chi connectivity index (χ0v) is 14.6. The molecule has 2 atom stereocenters. The van der Waals surface area contributed by atoms with Gasteiger partial charge in [0.25, 0.3) is 5.91 Å². The molecule has 2 saturated heterocycles. The number of ether oxygens (including phenoxy) is 2. The minimum absolute atomic E-state index is 0. The summed E-state index contributed by atoms with van der Waals surface area (Å²) < 4.78 is 10.6. The first-order valence-electron chi connectivity index (χ1n) is 8.44. The highest BCUT2D eigenvalue weighted by Gasteiger charge is 2.36. The van der Waals surface area contributed by atoms with E-state index in [4.69, 9.17) is 9.47 Å². The maximum atomic E-state index is 12.8. The van der Waals surface area contributed by atoms with Gasteiger partial charge in [0.05, 0.1) is 0 Å². The number of carbonyl (C=O) groups is 2. The number of amides is 2. The number of fused-ring (bicyclic) bond motifs is 1. The number of hydrogen-bond acceptors (Lipinski definition) is 5. The summed E-state index contributed by atoms with van der Waals surface area (Å²) in [6.07, 6.45) is 2.49. The van der Waals surface area contributed by atoms with E-state index in [1.165, 1.54) is 0 Å². The van der Waals surface area contributed by atoms with Gasteiger partial charge in [0.1, 0.15) is 6.04 Å². The smallest absolute Gasteiger partial charge is 0.254 e. The molecule has 3 heterocycles. The van der Waals surface area contributed by atoms with Gasteiger partial charge in [-0.15, -0.1) is 12.4 Å². The normalized spacial score (nSPS) is 24.1. The molecule has 2 unspecified atom stereocenters. The second-order valence-corrected chi connectivity index (χ2v) is 6.42. The zero-order chi connectivity index (χ0) is 16.5. The molecule has 136 valence electrons. The highest BCUT2D eigenvalue weighted by molar-refractivity contribution is 5.98. The molecule has 0 aliphatic carbocycles. The van der Waals surface area contributed by atoms with E-state index >= 15 is 0 Å². The van der Waals surface area contributed by atoms with Crippen LogP contribution in [0.15, 0.2) is 18.2 Å². The summed E-state index contributed by atoms with van der Waals surface area (Å²) >= 11 is 0. The van der Waals surface area contributed by atoms with Crippen molar-refractivity contribution in [2.75, 3.05) is 26.4 Å². The Hall–Kier alpha value is -1.99. The van der Waals surface area contributed by atoms with Crippen LogP contribution in [0, 0.1) is 0 Å². The third-order valence-electron chi connectivity index (χ3n) is 4.84. The lowest BCUT2D eigenvalue weighted by atomic mass is 10.1. The van der Waals surface area contributed by atoms with Crippen molar-refractivity contribution in [2.24, 2.45) is 0 Å². The van der Waals surface area contributed by atoms with Crippen molar-refractivity contribution in [3.8, 4) is 11.5 Å². The first-order chi connectivity index (χ1) is 11.7. The largest absolute Gasteiger partial charge is 0.454 e. The number of nitrogens with zero attached hydrogens (tertiary/aromatic N) is 1. The lowest BCUT2D eigenvalue weighted by Crippen LogP contribution is -2.49. The van der Waals surface area contributed by atoms with Crippen LogP contribution in [0.2, 0.25) is 0 Å². The highest BCUT2D eigenvalue weighted by Crippen LogP contribution is 2.33. The van der Waals surface area contributed by atoms with E-state index in [0.29, 0.717) is 30.0 Å². The van der Waals surface area contributed by atoms with Gasteiger partial charge in [0.2, 0.25) is 12.7 Å². The molecule has 2 N–H and O–H groups in total. The van der Waals surface area contributed by atoms with Crippen molar-refractivity contribution in [1.29, 1.82) is 0 Å². The minimum atomic E-state index is -0.386. The van der Waals surface area contributed by atoms with Crippen molar-refractivity contribution < 1.29 is 19.1 Å². The number of nitrogens with one attached hydrogen (secondary N) is 2. The molecule has 2 fully saturated rings. The number of benzene rings is 1. The first kappa shape index (κ1) is 17.8. The van der Waals surface area contributed by atoms with Crippen molar-refractivity contribution in [3.05, 3.63) is 23.8 Å². The average molecular weight is 368 g/mol. The van der Waals surface area contributed by atoms with Crippen LogP contribution < -0.4 is 20.1 Å². The maximum Gasteiger partial charge on any atom is 0.254 e. The number of carbonyl (C=O) groups excluding carboxylic acids is 2. The van der Waals surface area contributed by atoms with Crippen molar-refractivity contribution in [1.82, 2.24) is 15.5 Å². The Morgan fingerprint density at radius 2 is 2.04 bits per heavy atom.